The number of rotatable bonds is 2. The van der Waals surface area contributed by atoms with Gasteiger partial charge in [-0.1, -0.05) is 0 Å². The van der Waals surface area contributed by atoms with Crippen LogP contribution in [0.5, 0.6) is 0 Å². The molecule has 4 heteroatoms. The van der Waals surface area contributed by atoms with Crippen molar-refractivity contribution in [3.63, 3.8) is 0 Å². The molecule has 2 amide bonds. The number of carbonyl (C=O) groups excluding carboxylic acids is 2. The average Bonchev–Trinajstić information content (AvgIpc) is 2.87. The molecule has 1 saturated carbocycles. The van der Waals surface area contributed by atoms with Gasteiger partial charge in [0.05, 0.1) is 23.3 Å². The highest BCUT2D eigenvalue weighted by molar-refractivity contribution is 6.08. The summed E-state index contributed by atoms with van der Waals surface area (Å²) in [4.78, 5) is 24.3. The minimum absolute atomic E-state index is 0.0583. The number of imide groups is 1. The van der Waals surface area contributed by atoms with Crippen LogP contribution in [0.3, 0.4) is 0 Å². The number of amides is 2. The molecule has 0 bridgehead atoms. The van der Waals surface area contributed by atoms with Gasteiger partial charge in [0, 0.05) is 6.54 Å². The predicted molar refractivity (Wildman–Crippen MR) is 47.7 cm³/mol. The van der Waals surface area contributed by atoms with Crippen LogP contribution >= 0.6 is 0 Å². The van der Waals surface area contributed by atoms with E-state index >= 15 is 0 Å². The minimum Gasteiger partial charge on any atom is -0.281 e. The number of hydrogen-bond donors (Lipinski definition) is 0. The van der Waals surface area contributed by atoms with E-state index in [1.165, 1.54) is 4.90 Å². The van der Waals surface area contributed by atoms with Crippen molar-refractivity contribution in [3.8, 4) is 6.07 Å². The second-order valence-corrected chi connectivity index (χ2v) is 4.71. The molecule has 14 heavy (non-hydrogen) atoms. The summed E-state index contributed by atoms with van der Waals surface area (Å²) in [6.07, 6.45) is 0.723. The molecule has 0 aromatic rings. The molecule has 2 rings (SSSR count). The van der Waals surface area contributed by atoms with Crippen molar-refractivity contribution in [1.82, 2.24) is 4.90 Å². The normalized spacial score (nSPS) is 30.2. The third-order valence-electron chi connectivity index (χ3n) is 2.81. The van der Waals surface area contributed by atoms with Crippen molar-refractivity contribution >= 4 is 11.8 Å². The van der Waals surface area contributed by atoms with Gasteiger partial charge in [-0.3, -0.25) is 14.5 Å². The van der Waals surface area contributed by atoms with Crippen molar-refractivity contribution in [2.24, 2.45) is 17.3 Å². The third kappa shape index (κ3) is 1.20. The highest BCUT2D eigenvalue weighted by atomic mass is 16.2. The largest absolute Gasteiger partial charge is 0.281 e. The molecule has 0 aromatic heterocycles. The number of carbonyl (C=O) groups is 2. The van der Waals surface area contributed by atoms with E-state index < -0.39 is 5.41 Å². The highest BCUT2D eigenvalue weighted by Crippen LogP contribution is 2.47. The predicted octanol–water partition coefficient (Wildman–Crippen LogP) is 0.541. The molecule has 0 spiro atoms. The van der Waals surface area contributed by atoms with Gasteiger partial charge in [0.25, 0.3) is 0 Å². The van der Waals surface area contributed by atoms with Gasteiger partial charge in [-0.25, -0.2) is 0 Å². The first kappa shape index (κ1) is 9.20. The van der Waals surface area contributed by atoms with Crippen molar-refractivity contribution in [2.75, 3.05) is 6.54 Å². The summed E-state index contributed by atoms with van der Waals surface area (Å²) in [6, 6.07) is 2.09. The van der Waals surface area contributed by atoms with E-state index in [4.69, 9.17) is 5.26 Å². The third-order valence-corrected chi connectivity index (χ3v) is 2.81. The Morgan fingerprint density at radius 1 is 1.43 bits per heavy atom. The number of likely N-dealkylation sites (tertiary alicyclic amines) is 1. The summed E-state index contributed by atoms with van der Waals surface area (Å²) in [5.74, 6) is -0.277. The van der Waals surface area contributed by atoms with E-state index in [-0.39, 0.29) is 30.2 Å². The smallest absolute Gasteiger partial charge is 0.233 e. The zero-order chi connectivity index (χ0) is 10.5. The molecule has 1 aliphatic heterocycles. The molecule has 2 fully saturated rings. The summed E-state index contributed by atoms with van der Waals surface area (Å²) in [5.41, 5.74) is -0.637. The van der Waals surface area contributed by atoms with Crippen molar-refractivity contribution in [2.45, 2.75) is 20.3 Å². The number of nitriles is 1. The van der Waals surface area contributed by atoms with E-state index in [1.54, 1.807) is 13.8 Å². The molecule has 4 nitrogen and oxygen atoms in total. The lowest BCUT2D eigenvalue weighted by Gasteiger charge is -2.23. The summed E-state index contributed by atoms with van der Waals surface area (Å²) < 4.78 is 0. The highest BCUT2D eigenvalue weighted by Gasteiger charge is 2.59. The second kappa shape index (κ2) is 2.57. The quantitative estimate of drug-likeness (QED) is 0.600. The molecule has 2 atom stereocenters. The summed E-state index contributed by atoms with van der Waals surface area (Å²) in [7, 11) is 0. The first-order chi connectivity index (χ1) is 6.46. The fourth-order valence-electron chi connectivity index (χ4n) is 1.84. The monoisotopic (exact) mass is 192 g/mol. The minimum atomic E-state index is -0.637. The molecule has 1 heterocycles. The Balaban J connectivity index is 2.11. The van der Waals surface area contributed by atoms with E-state index in [0.29, 0.717) is 0 Å². The lowest BCUT2D eigenvalue weighted by Crippen LogP contribution is -2.39. The van der Waals surface area contributed by atoms with Crippen LogP contribution in [0.25, 0.3) is 0 Å². The van der Waals surface area contributed by atoms with Crippen LogP contribution in [-0.2, 0) is 9.59 Å². The molecule has 1 saturated heterocycles. The summed E-state index contributed by atoms with van der Waals surface area (Å²) in [6.45, 7) is 3.70. The van der Waals surface area contributed by atoms with Crippen LogP contribution in [0, 0.1) is 28.6 Å². The van der Waals surface area contributed by atoms with Gasteiger partial charge in [0.1, 0.15) is 0 Å². The van der Waals surface area contributed by atoms with Crippen LogP contribution in [0.4, 0.5) is 0 Å². The van der Waals surface area contributed by atoms with Crippen LogP contribution in [0.15, 0.2) is 0 Å². The molecule has 0 N–H and O–H groups in total. The lowest BCUT2D eigenvalue weighted by molar-refractivity contribution is -0.142. The molecule has 1 aliphatic carbocycles. The van der Waals surface area contributed by atoms with Crippen molar-refractivity contribution in [3.05, 3.63) is 0 Å². The Morgan fingerprint density at radius 2 is 1.93 bits per heavy atom. The van der Waals surface area contributed by atoms with Gasteiger partial charge in [-0.05, 0) is 20.3 Å². The first-order valence-electron chi connectivity index (χ1n) is 4.73. The fraction of sp³-hybridized carbons (Fsp3) is 0.700. The molecular formula is C10H12N2O2. The lowest BCUT2D eigenvalue weighted by atomic mass is 9.95. The maximum atomic E-state index is 11.5. The number of piperidine rings is 1. The van der Waals surface area contributed by atoms with Gasteiger partial charge in [-0.2, -0.15) is 5.26 Å². The SMILES string of the molecule is CC(C)(C#N)CN1C(=O)C2CC2C1=O. The van der Waals surface area contributed by atoms with Crippen LogP contribution in [0.1, 0.15) is 20.3 Å². The molecule has 2 aliphatic rings. The average molecular weight is 192 g/mol. The van der Waals surface area contributed by atoms with E-state index in [0.717, 1.165) is 6.42 Å². The maximum absolute atomic E-state index is 11.5. The Labute approximate surface area is 82.5 Å². The van der Waals surface area contributed by atoms with Gasteiger partial charge < -0.3 is 0 Å². The zero-order valence-corrected chi connectivity index (χ0v) is 8.28. The van der Waals surface area contributed by atoms with Gasteiger partial charge >= 0.3 is 0 Å². The van der Waals surface area contributed by atoms with Gasteiger partial charge in [0.15, 0.2) is 0 Å². The van der Waals surface area contributed by atoms with E-state index in [2.05, 4.69) is 6.07 Å². The first-order valence-corrected chi connectivity index (χ1v) is 4.73. The van der Waals surface area contributed by atoms with Crippen LogP contribution in [0.2, 0.25) is 0 Å². The molecular weight excluding hydrogens is 180 g/mol. The topological polar surface area (TPSA) is 61.2 Å². The molecule has 74 valence electrons. The van der Waals surface area contributed by atoms with Crippen molar-refractivity contribution in [1.29, 1.82) is 5.26 Å². The Bertz CT molecular complexity index is 334. The van der Waals surface area contributed by atoms with Crippen LogP contribution in [-0.4, -0.2) is 23.3 Å². The number of nitrogens with zero attached hydrogens (tertiary/aromatic N) is 2. The second-order valence-electron chi connectivity index (χ2n) is 4.71. The van der Waals surface area contributed by atoms with Crippen molar-refractivity contribution < 1.29 is 9.59 Å². The van der Waals surface area contributed by atoms with Crippen LogP contribution < -0.4 is 0 Å². The van der Waals surface area contributed by atoms with E-state index in [9.17, 15) is 9.59 Å². The zero-order valence-electron chi connectivity index (χ0n) is 8.28. The van der Waals surface area contributed by atoms with Gasteiger partial charge in [0.2, 0.25) is 11.8 Å². The molecule has 0 aromatic carbocycles. The maximum Gasteiger partial charge on any atom is 0.233 e. The standard InChI is InChI=1S/C10H12N2O2/c1-10(2,4-11)5-12-8(13)6-3-7(6)9(12)14/h6-7H,3,5H2,1-2H3. The Hall–Kier alpha value is -1.37. The Kier molecular flexibility index (Phi) is 1.69. The summed E-state index contributed by atoms with van der Waals surface area (Å²) >= 11 is 0. The molecule has 2 unspecified atom stereocenters. The Morgan fingerprint density at radius 3 is 2.36 bits per heavy atom. The summed E-state index contributed by atoms with van der Waals surface area (Å²) in [5, 5.41) is 8.80. The number of fused-ring (bicyclic) bond motifs is 1. The fourth-order valence-corrected chi connectivity index (χ4v) is 1.84. The number of hydrogen-bond acceptors (Lipinski definition) is 3. The van der Waals surface area contributed by atoms with E-state index in [1.807, 2.05) is 0 Å². The molecule has 0 radical (unpaired) electrons. The van der Waals surface area contributed by atoms with Gasteiger partial charge in [-0.15, -0.1) is 0 Å².